The van der Waals surface area contributed by atoms with Crippen LogP contribution in [0.5, 0.6) is 5.75 Å². The minimum atomic E-state index is -3.61. The molecule has 3 rings (SSSR count). The fourth-order valence-corrected chi connectivity index (χ4v) is 4.51. The van der Waals surface area contributed by atoms with Gasteiger partial charge in [0, 0.05) is 38.1 Å². The molecule has 2 heterocycles. The molecule has 1 aromatic carbocycles. The molecular weight excluding hydrogens is 362 g/mol. The molecule has 0 radical (unpaired) electrons. The van der Waals surface area contributed by atoms with Gasteiger partial charge >= 0.3 is 0 Å². The highest BCUT2D eigenvalue weighted by Gasteiger charge is 2.34. The second-order valence-corrected chi connectivity index (χ2v) is 7.42. The molecule has 8 heteroatoms. The molecule has 1 unspecified atom stereocenters. The average Bonchev–Trinajstić information content (AvgIpc) is 2.63. The zero-order valence-corrected chi connectivity index (χ0v) is 15.6. The predicted octanol–water partition coefficient (Wildman–Crippen LogP) is 2.24. The first-order valence-corrected chi connectivity index (χ1v) is 9.42. The summed E-state index contributed by atoms with van der Waals surface area (Å²) in [5, 5.41) is 3.26. The molecule has 1 saturated heterocycles. The van der Waals surface area contributed by atoms with Crippen molar-refractivity contribution in [2.24, 2.45) is 0 Å². The number of aromatic nitrogens is 1. The number of nitrogens with zero attached hydrogens (tertiary/aromatic N) is 2. The highest BCUT2D eigenvalue weighted by atomic mass is 35.5. The molecule has 0 spiro atoms. The molecule has 0 aliphatic carbocycles. The van der Waals surface area contributed by atoms with Crippen LogP contribution in [0.2, 0.25) is 0 Å². The van der Waals surface area contributed by atoms with E-state index in [0.29, 0.717) is 32.0 Å². The number of hydrogen-bond donors (Lipinski definition) is 1. The van der Waals surface area contributed by atoms with Crippen molar-refractivity contribution in [3.63, 3.8) is 0 Å². The van der Waals surface area contributed by atoms with Crippen LogP contribution in [0, 0.1) is 0 Å². The third-order valence-electron chi connectivity index (χ3n) is 3.99. The smallest absolute Gasteiger partial charge is 0.243 e. The Balaban J connectivity index is 0.00000225. The molecule has 6 nitrogen and oxygen atoms in total. The van der Waals surface area contributed by atoms with Gasteiger partial charge < -0.3 is 10.1 Å². The molecule has 1 aliphatic rings. The van der Waals surface area contributed by atoms with Crippen molar-refractivity contribution in [2.75, 3.05) is 26.2 Å². The molecule has 1 fully saturated rings. The summed E-state index contributed by atoms with van der Waals surface area (Å²) < 4.78 is 33.3. The quantitative estimate of drug-likeness (QED) is 0.857. The molecule has 2 aromatic rings. The van der Waals surface area contributed by atoms with Crippen LogP contribution in [0.1, 0.15) is 18.5 Å². The lowest BCUT2D eigenvalue weighted by Crippen LogP contribution is -2.48. The molecule has 0 amide bonds. The van der Waals surface area contributed by atoms with Crippen molar-refractivity contribution in [1.82, 2.24) is 14.6 Å². The van der Waals surface area contributed by atoms with Crippen LogP contribution in [0.4, 0.5) is 0 Å². The minimum Gasteiger partial charge on any atom is -0.494 e. The SMILES string of the molecule is CCOc1cccc(S(=O)(=O)N2CCNCC2c2cccnc2)c1.Cl. The van der Waals surface area contributed by atoms with Gasteiger partial charge in [0.15, 0.2) is 0 Å². The number of piperazine rings is 1. The number of nitrogens with one attached hydrogen (secondary N) is 1. The fourth-order valence-electron chi connectivity index (χ4n) is 2.86. The Morgan fingerprint density at radius 1 is 1.32 bits per heavy atom. The van der Waals surface area contributed by atoms with Crippen molar-refractivity contribution in [3.8, 4) is 5.75 Å². The molecule has 1 atom stereocenters. The monoisotopic (exact) mass is 383 g/mol. The van der Waals surface area contributed by atoms with Gasteiger partial charge in [0.2, 0.25) is 10.0 Å². The van der Waals surface area contributed by atoms with Crippen LogP contribution >= 0.6 is 12.4 Å². The van der Waals surface area contributed by atoms with E-state index in [9.17, 15) is 8.42 Å². The van der Waals surface area contributed by atoms with Gasteiger partial charge in [0.25, 0.3) is 0 Å². The molecular formula is C17H22ClN3O3S. The topological polar surface area (TPSA) is 71.5 Å². The second kappa shape index (κ2) is 8.62. The Labute approximate surface area is 154 Å². The van der Waals surface area contributed by atoms with E-state index in [4.69, 9.17) is 4.74 Å². The van der Waals surface area contributed by atoms with Gasteiger partial charge in [-0.1, -0.05) is 12.1 Å². The van der Waals surface area contributed by atoms with Gasteiger partial charge in [0.05, 0.1) is 17.5 Å². The predicted molar refractivity (Wildman–Crippen MR) is 98.6 cm³/mol. The molecule has 0 bridgehead atoms. The van der Waals surface area contributed by atoms with Gasteiger partial charge in [-0.2, -0.15) is 4.31 Å². The van der Waals surface area contributed by atoms with Crippen LogP contribution < -0.4 is 10.1 Å². The van der Waals surface area contributed by atoms with Gasteiger partial charge in [-0.3, -0.25) is 4.98 Å². The molecule has 136 valence electrons. The number of ether oxygens (including phenoxy) is 1. The molecule has 1 aromatic heterocycles. The molecule has 25 heavy (non-hydrogen) atoms. The Morgan fingerprint density at radius 3 is 2.88 bits per heavy atom. The summed E-state index contributed by atoms with van der Waals surface area (Å²) in [5.41, 5.74) is 0.884. The first-order chi connectivity index (χ1) is 11.6. The van der Waals surface area contributed by atoms with E-state index < -0.39 is 10.0 Å². The number of halogens is 1. The van der Waals surface area contributed by atoms with E-state index in [-0.39, 0.29) is 23.3 Å². The normalized spacial score (nSPS) is 18.4. The first kappa shape index (κ1) is 19.7. The zero-order valence-electron chi connectivity index (χ0n) is 14.0. The van der Waals surface area contributed by atoms with E-state index in [0.717, 1.165) is 5.56 Å². The maximum atomic E-state index is 13.1. The van der Waals surface area contributed by atoms with E-state index in [1.807, 2.05) is 19.1 Å². The third kappa shape index (κ3) is 4.30. The highest BCUT2D eigenvalue weighted by Crippen LogP contribution is 2.29. The second-order valence-electron chi connectivity index (χ2n) is 5.53. The number of rotatable bonds is 5. The summed E-state index contributed by atoms with van der Waals surface area (Å²) in [6.45, 7) is 3.98. The Kier molecular flexibility index (Phi) is 6.78. The zero-order chi connectivity index (χ0) is 17.0. The van der Waals surface area contributed by atoms with Crippen LogP contribution in [-0.2, 0) is 10.0 Å². The number of benzene rings is 1. The Hall–Kier alpha value is -1.67. The van der Waals surface area contributed by atoms with Crippen LogP contribution in [0.25, 0.3) is 0 Å². The van der Waals surface area contributed by atoms with Gasteiger partial charge in [0.1, 0.15) is 5.75 Å². The summed E-state index contributed by atoms with van der Waals surface area (Å²) in [5.74, 6) is 0.562. The largest absolute Gasteiger partial charge is 0.494 e. The number of hydrogen-bond acceptors (Lipinski definition) is 5. The Bertz CT molecular complexity index is 787. The highest BCUT2D eigenvalue weighted by molar-refractivity contribution is 7.89. The van der Waals surface area contributed by atoms with Crippen molar-refractivity contribution < 1.29 is 13.2 Å². The van der Waals surface area contributed by atoms with Crippen molar-refractivity contribution in [2.45, 2.75) is 17.9 Å². The summed E-state index contributed by atoms with van der Waals surface area (Å²) in [6, 6.07) is 10.1. The fraction of sp³-hybridized carbons (Fsp3) is 0.353. The van der Waals surface area contributed by atoms with Crippen LogP contribution in [0.15, 0.2) is 53.7 Å². The van der Waals surface area contributed by atoms with Gasteiger partial charge in [-0.25, -0.2) is 8.42 Å². The lowest BCUT2D eigenvalue weighted by atomic mass is 10.1. The van der Waals surface area contributed by atoms with E-state index in [1.54, 1.807) is 41.0 Å². The minimum absolute atomic E-state index is 0. The van der Waals surface area contributed by atoms with Crippen molar-refractivity contribution >= 4 is 22.4 Å². The Morgan fingerprint density at radius 2 is 2.16 bits per heavy atom. The van der Waals surface area contributed by atoms with Gasteiger partial charge in [-0.15, -0.1) is 12.4 Å². The summed E-state index contributed by atoms with van der Waals surface area (Å²) >= 11 is 0. The van der Waals surface area contributed by atoms with Crippen LogP contribution in [0.3, 0.4) is 0 Å². The van der Waals surface area contributed by atoms with Crippen molar-refractivity contribution in [1.29, 1.82) is 0 Å². The third-order valence-corrected chi connectivity index (χ3v) is 5.89. The molecule has 1 N–H and O–H groups in total. The maximum absolute atomic E-state index is 13.1. The number of sulfonamides is 1. The van der Waals surface area contributed by atoms with Gasteiger partial charge in [-0.05, 0) is 30.7 Å². The van der Waals surface area contributed by atoms with E-state index >= 15 is 0 Å². The summed E-state index contributed by atoms with van der Waals surface area (Å²) in [6.07, 6.45) is 3.40. The van der Waals surface area contributed by atoms with Crippen LogP contribution in [-0.4, -0.2) is 43.9 Å². The van der Waals surface area contributed by atoms with E-state index in [1.165, 1.54) is 0 Å². The first-order valence-electron chi connectivity index (χ1n) is 7.98. The lowest BCUT2D eigenvalue weighted by Gasteiger charge is -2.35. The molecule has 0 saturated carbocycles. The average molecular weight is 384 g/mol. The summed E-state index contributed by atoms with van der Waals surface area (Å²) in [4.78, 5) is 4.37. The lowest BCUT2D eigenvalue weighted by molar-refractivity contribution is 0.271. The van der Waals surface area contributed by atoms with E-state index in [2.05, 4.69) is 10.3 Å². The maximum Gasteiger partial charge on any atom is 0.243 e. The molecule has 1 aliphatic heterocycles. The van der Waals surface area contributed by atoms with Crippen molar-refractivity contribution in [3.05, 3.63) is 54.4 Å². The number of pyridine rings is 1. The summed E-state index contributed by atoms with van der Waals surface area (Å²) in [7, 11) is -3.61. The standard InChI is InChI=1S/C17H21N3O3S.ClH/c1-2-23-15-6-3-7-16(11-15)24(21,22)20-10-9-19-13-17(20)14-5-4-8-18-12-14;/h3-8,11-12,17,19H,2,9-10,13H2,1H3;1H.